The van der Waals surface area contributed by atoms with Crippen molar-refractivity contribution in [3.8, 4) is 0 Å². The molecule has 2 saturated heterocycles. The molecule has 0 aromatic heterocycles. The number of nitrogens with zero attached hydrogens (tertiary/aromatic N) is 2. The van der Waals surface area contributed by atoms with Gasteiger partial charge in [0.15, 0.2) is 0 Å². The molecule has 0 spiro atoms. The van der Waals surface area contributed by atoms with E-state index in [9.17, 15) is 26.4 Å². The summed E-state index contributed by atoms with van der Waals surface area (Å²) in [6, 6.07) is 3.71. The van der Waals surface area contributed by atoms with E-state index in [2.05, 4.69) is 0 Å². The van der Waals surface area contributed by atoms with E-state index in [1.54, 1.807) is 4.90 Å². The van der Waals surface area contributed by atoms with Crippen molar-refractivity contribution in [3.63, 3.8) is 0 Å². The summed E-state index contributed by atoms with van der Waals surface area (Å²) in [6.45, 7) is 1.18. The van der Waals surface area contributed by atoms with E-state index in [1.807, 2.05) is 0 Å². The Balaban J connectivity index is 1.63. The Morgan fingerprint density at radius 1 is 1.19 bits per heavy atom. The van der Waals surface area contributed by atoms with Crippen LogP contribution in [0.25, 0.3) is 0 Å². The van der Waals surface area contributed by atoms with Gasteiger partial charge in [0, 0.05) is 32.8 Å². The summed E-state index contributed by atoms with van der Waals surface area (Å²) in [7, 11) is -4.05. The molecule has 6 nitrogen and oxygen atoms in total. The highest BCUT2D eigenvalue weighted by Gasteiger charge is 2.34. The number of alkyl halides is 3. The first-order valence-corrected chi connectivity index (χ1v) is 10.2. The molecular weight excluding hydrogens is 385 g/mol. The Morgan fingerprint density at radius 2 is 1.89 bits per heavy atom. The molecule has 2 aliphatic heterocycles. The van der Waals surface area contributed by atoms with Crippen molar-refractivity contribution in [3.05, 3.63) is 29.8 Å². The Labute approximate surface area is 155 Å². The van der Waals surface area contributed by atoms with Gasteiger partial charge < -0.3 is 9.64 Å². The monoisotopic (exact) mass is 406 g/mol. The average molecular weight is 406 g/mol. The first-order chi connectivity index (χ1) is 12.7. The van der Waals surface area contributed by atoms with Gasteiger partial charge in [0.05, 0.1) is 23.0 Å². The van der Waals surface area contributed by atoms with Crippen LogP contribution in [0.4, 0.5) is 13.2 Å². The maximum Gasteiger partial charge on any atom is 0.416 e. The number of sulfonamides is 1. The fraction of sp³-hybridized carbons (Fsp3) is 0.588. The number of carbonyl (C=O) groups is 1. The Hall–Kier alpha value is -1.65. The van der Waals surface area contributed by atoms with E-state index in [0.29, 0.717) is 12.7 Å². The number of rotatable bonds is 4. The highest BCUT2D eigenvalue weighted by molar-refractivity contribution is 7.89. The molecule has 1 aromatic carbocycles. The fourth-order valence-corrected chi connectivity index (χ4v) is 4.76. The Kier molecular flexibility index (Phi) is 5.78. The molecule has 0 aliphatic carbocycles. The molecule has 1 amide bonds. The zero-order valence-electron chi connectivity index (χ0n) is 14.6. The maximum absolute atomic E-state index is 12.8. The summed E-state index contributed by atoms with van der Waals surface area (Å²) in [4.78, 5) is 13.5. The topological polar surface area (TPSA) is 66.9 Å². The molecule has 2 heterocycles. The van der Waals surface area contributed by atoms with Gasteiger partial charge in [-0.2, -0.15) is 17.5 Å². The van der Waals surface area contributed by atoms with Gasteiger partial charge in [-0.15, -0.1) is 0 Å². The van der Waals surface area contributed by atoms with Crippen LogP contribution < -0.4 is 0 Å². The van der Waals surface area contributed by atoms with Crippen LogP contribution in [0.15, 0.2) is 29.2 Å². The highest BCUT2D eigenvalue weighted by atomic mass is 32.2. The van der Waals surface area contributed by atoms with Crippen LogP contribution in [-0.4, -0.2) is 62.4 Å². The summed E-state index contributed by atoms with van der Waals surface area (Å²) in [5.74, 6) is -0.0852. The van der Waals surface area contributed by atoms with Crippen molar-refractivity contribution >= 4 is 15.9 Å². The molecule has 1 atom stereocenters. The first-order valence-electron chi connectivity index (χ1n) is 8.75. The molecule has 27 heavy (non-hydrogen) atoms. The quantitative estimate of drug-likeness (QED) is 0.768. The highest BCUT2D eigenvalue weighted by Crippen LogP contribution is 2.31. The number of carbonyl (C=O) groups excluding carboxylic acids is 1. The lowest BCUT2D eigenvalue weighted by Crippen LogP contribution is -2.50. The lowest BCUT2D eigenvalue weighted by molar-refractivity contribution is -0.138. The smallest absolute Gasteiger partial charge is 0.378 e. The largest absolute Gasteiger partial charge is 0.416 e. The number of ether oxygens (including phenoxy) is 1. The third-order valence-electron chi connectivity index (χ3n) is 4.82. The number of piperazine rings is 1. The zero-order valence-corrected chi connectivity index (χ0v) is 15.4. The van der Waals surface area contributed by atoms with Gasteiger partial charge >= 0.3 is 6.18 Å². The van der Waals surface area contributed by atoms with Gasteiger partial charge in [0.1, 0.15) is 0 Å². The molecule has 1 unspecified atom stereocenters. The van der Waals surface area contributed by atoms with Crippen LogP contribution in [0.3, 0.4) is 0 Å². The van der Waals surface area contributed by atoms with Gasteiger partial charge in [0.2, 0.25) is 15.9 Å². The predicted molar refractivity (Wildman–Crippen MR) is 90.4 cm³/mol. The van der Waals surface area contributed by atoms with E-state index in [-0.39, 0.29) is 44.6 Å². The van der Waals surface area contributed by atoms with Crippen LogP contribution in [0.2, 0.25) is 0 Å². The standard InChI is InChI=1S/C17H21F3N2O4S/c18-17(19,20)13-3-1-5-15(11-13)27(24,25)22-8-6-21(7-9-22)16(23)12-14-4-2-10-26-14/h1,3,5,11,14H,2,4,6-10,12H2. The van der Waals surface area contributed by atoms with Crippen LogP contribution >= 0.6 is 0 Å². The molecule has 10 heteroatoms. The van der Waals surface area contributed by atoms with Crippen molar-refractivity contribution in [2.45, 2.75) is 36.4 Å². The summed E-state index contributed by atoms with van der Waals surface area (Å²) in [5, 5.41) is 0. The van der Waals surface area contributed by atoms with E-state index >= 15 is 0 Å². The molecule has 150 valence electrons. The summed E-state index contributed by atoms with van der Waals surface area (Å²) in [5.41, 5.74) is -1.01. The van der Waals surface area contributed by atoms with Crippen molar-refractivity contribution in [2.75, 3.05) is 32.8 Å². The minimum atomic E-state index is -4.61. The van der Waals surface area contributed by atoms with E-state index < -0.39 is 26.7 Å². The van der Waals surface area contributed by atoms with Gasteiger partial charge in [-0.1, -0.05) is 6.07 Å². The second-order valence-electron chi connectivity index (χ2n) is 6.65. The molecule has 0 radical (unpaired) electrons. The predicted octanol–water partition coefficient (Wildman–Crippen LogP) is 2.11. The van der Waals surface area contributed by atoms with Gasteiger partial charge in [-0.3, -0.25) is 4.79 Å². The summed E-state index contributed by atoms with van der Waals surface area (Å²) >= 11 is 0. The lowest BCUT2D eigenvalue weighted by Gasteiger charge is -2.34. The van der Waals surface area contributed by atoms with Crippen molar-refractivity contribution in [1.82, 2.24) is 9.21 Å². The second kappa shape index (κ2) is 7.76. The zero-order chi connectivity index (χ0) is 19.7. The summed E-state index contributed by atoms with van der Waals surface area (Å²) in [6.07, 6.45) is -2.64. The van der Waals surface area contributed by atoms with Gasteiger partial charge in [-0.05, 0) is 31.0 Å². The van der Waals surface area contributed by atoms with Crippen molar-refractivity contribution in [2.24, 2.45) is 0 Å². The molecule has 0 N–H and O–H groups in total. The minimum Gasteiger partial charge on any atom is -0.378 e. The van der Waals surface area contributed by atoms with Crippen LogP contribution in [-0.2, 0) is 25.7 Å². The van der Waals surface area contributed by atoms with Crippen LogP contribution in [0.1, 0.15) is 24.8 Å². The number of hydrogen-bond acceptors (Lipinski definition) is 4. The second-order valence-corrected chi connectivity index (χ2v) is 8.59. The number of amides is 1. The van der Waals surface area contributed by atoms with Gasteiger partial charge in [0.25, 0.3) is 0 Å². The number of benzene rings is 1. The number of halogens is 3. The molecule has 3 rings (SSSR count). The van der Waals surface area contributed by atoms with E-state index in [0.717, 1.165) is 35.3 Å². The molecule has 2 fully saturated rings. The molecule has 0 saturated carbocycles. The lowest BCUT2D eigenvalue weighted by atomic mass is 10.1. The van der Waals surface area contributed by atoms with Gasteiger partial charge in [-0.25, -0.2) is 8.42 Å². The molecular formula is C17H21F3N2O4S. The summed E-state index contributed by atoms with van der Waals surface area (Å²) < 4.78 is 70.4. The van der Waals surface area contributed by atoms with E-state index in [1.165, 1.54) is 0 Å². The normalized spacial score (nSPS) is 22.2. The Bertz CT molecular complexity index is 784. The SMILES string of the molecule is O=C(CC1CCCO1)N1CCN(S(=O)(=O)c2cccc(C(F)(F)F)c2)CC1. The third-order valence-corrected chi connectivity index (χ3v) is 6.71. The average Bonchev–Trinajstić information content (AvgIpc) is 3.14. The van der Waals surface area contributed by atoms with Crippen LogP contribution in [0.5, 0.6) is 0 Å². The maximum atomic E-state index is 12.8. The van der Waals surface area contributed by atoms with E-state index in [4.69, 9.17) is 4.74 Å². The molecule has 2 aliphatic rings. The Morgan fingerprint density at radius 3 is 2.48 bits per heavy atom. The molecule has 0 bridgehead atoms. The van der Waals surface area contributed by atoms with Crippen molar-refractivity contribution in [1.29, 1.82) is 0 Å². The first kappa shape index (κ1) is 20.1. The minimum absolute atomic E-state index is 0.0514. The molecule has 1 aromatic rings. The third kappa shape index (κ3) is 4.61. The van der Waals surface area contributed by atoms with Crippen LogP contribution in [0, 0.1) is 0 Å². The van der Waals surface area contributed by atoms with Crippen molar-refractivity contribution < 1.29 is 31.1 Å². The fourth-order valence-electron chi connectivity index (χ4n) is 3.29. The number of hydrogen-bond donors (Lipinski definition) is 0.